The van der Waals surface area contributed by atoms with Crippen molar-refractivity contribution in [2.45, 2.75) is 52.4 Å². The minimum absolute atomic E-state index is 0.00852. The largest absolute Gasteiger partial charge is 0.394 e. The third kappa shape index (κ3) is 2.76. The minimum Gasteiger partial charge on any atom is -0.394 e. The molecule has 1 atom stereocenters. The Kier molecular flexibility index (Phi) is 4.63. The molecule has 1 aliphatic carbocycles. The molecule has 22 heavy (non-hydrogen) atoms. The lowest BCUT2D eigenvalue weighted by Gasteiger charge is -2.27. The van der Waals surface area contributed by atoms with Gasteiger partial charge in [-0.15, -0.1) is 0 Å². The third-order valence-corrected chi connectivity index (χ3v) is 4.56. The number of halogens is 2. The van der Waals surface area contributed by atoms with Crippen LogP contribution in [0.3, 0.4) is 0 Å². The quantitative estimate of drug-likeness (QED) is 0.812. The molecule has 1 aromatic carbocycles. The SMILES string of the molecule is CCCCC1(CCC(C)=O)Cc2c(cc(F)c(N)c2F)C1=O. The van der Waals surface area contributed by atoms with Gasteiger partial charge in [-0.3, -0.25) is 4.79 Å². The summed E-state index contributed by atoms with van der Waals surface area (Å²) in [5.41, 5.74) is 4.34. The number of carbonyl (C=O) groups excluding carboxylic acids is 2. The molecule has 0 spiro atoms. The normalized spacial score (nSPS) is 20.3. The van der Waals surface area contributed by atoms with Gasteiger partial charge in [0.05, 0.1) is 0 Å². The molecule has 0 saturated heterocycles. The lowest BCUT2D eigenvalue weighted by atomic mass is 9.75. The number of anilines is 1. The molecule has 0 fully saturated rings. The van der Waals surface area contributed by atoms with E-state index in [4.69, 9.17) is 5.73 Å². The summed E-state index contributed by atoms with van der Waals surface area (Å²) < 4.78 is 27.9. The number of nitrogens with two attached hydrogens (primary N) is 1. The lowest BCUT2D eigenvalue weighted by molar-refractivity contribution is -0.117. The highest BCUT2D eigenvalue weighted by Crippen LogP contribution is 2.46. The fourth-order valence-corrected chi connectivity index (χ4v) is 3.22. The molecular formula is C17H21F2NO2. The third-order valence-electron chi connectivity index (χ3n) is 4.56. The molecule has 5 heteroatoms. The molecule has 1 unspecified atom stereocenters. The predicted molar refractivity (Wildman–Crippen MR) is 80.7 cm³/mol. The minimum atomic E-state index is -0.901. The first-order chi connectivity index (χ1) is 10.3. The summed E-state index contributed by atoms with van der Waals surface area (Å²) >= 11 is 0. The first kappa shape index (κ1) is 16.6. The van der Waals surface area contributed by atoms with Gasteiger partial charge in [-0.05, 0) is 32.3 Å². The van der Waals surface area contributed by atoms with Crippen LogP contribution in [-0.4, -0.2) is 11.6 Å². The van der Waals surface area contributed by atoms with E-state index in [1.807, 2.05) is 6.92 Å². The number of unbranched alkanes of at least 4 members (excludes halogenated alkanes) is 1. The average Bonchev–Trinajstić information content (AvgIpc) is 2.75. The van der Waals surface area contributed by atoms with Crippen molar-refractivity contribution in [1.29, 1.82) is 0 Å². The van der Waals surface area contributed by atoms with Gasteiger partial charge in [-0.2, -0.15) is 0 Å². The first-order valence-electron chi connectivity index (χ1n) is 7.63. The first-order valence-corrected chi connectivity index (χ1v) is 7.63. The summed E-state index contributed by atoms with van der Waals surface area (Å²) in [5.74, 6) is -1.99. The van der Waals surface area contributed by atoms with Gasteiger partial charge >= 0.3 is 0 Å². The van der Waals surface area contributed by atoms with E-state index >= 15 is 0 Å². The Morgan fingerprint density at radius 2 is 2.05 bits per heavy atom. The van der Waals surface area contributed by atoms with Crippen molar-refractivity contribution in [3.63, 3.8) is 0 Å². The van der Waals surface area contributed by atoms with Gasteiger partial charge in [0, 0.05) is 23.0 Å². The predicted octanol–water partition coefficient (Wildman–Crippen LogP) is 3.83. The van der Waals surface area contributed by atoms with Crippen molar-refractivity contribution in [3.05, 3.63) is 28.8 Å². The molecule has 3 nitrogen and oxygen atoms in total. The molecule has 2 N–H and O–H groups in total. The van der Waals surface area contributed by atoms with Crippen molar-refractivity contribution < 1.29 is 18.4 Å². The summed E-state index contributed by atoms with van der Waals surface area (Å²) in [7, 11) is 0. The summed E-state index contributed by atoms with van der Waals surface area (Å²) in [4.78, 5) is 24.1. The number of rotatable bonds is 6. The van der Waals surface area contributed by atoms with Crippen molar-refractivity contribution in [1.82, 2.24) is 0 Å². The molecular weight excluding hydrogens is 288 g/mol. The highest BCUT2D eigenvalue weighted by atomic mass is 19.1. The molecule has 2 rings (SSSR count). The fraction of sp³-hybridized carbons (Fsp3) is 0.529. The highest BCUT2D eigenvalue weighted by molar-refractivity contribution is 6.05. The second-order valence-corrected chi connectivity index (χ2v) is 6.20. The van der Waals surface area contributed by atoms with Gasteiger partial charge in [0.2, 0.25) is 0 Å². The smallest absolute Gasteiger partial charge is 0.169 e. The molecule has 1 aliphatic rings. The van der Waals surface area contributed by atoms with E-state index in [2.05, 4.69) is 0 Å². The van der Waals surface area contributed by atoms with Crippen LogP contribution in [0.5, 0.6) is 0 Å². The Morgan fingerprint density at radius 1 is 1.36 bits per heavy atom. The summed E-state index contributed by atoms with van der Waals surface area (Å²) in [6.45, 7) is 3.47. The van der Waals surface area contributed by atoms with Crippen LogP contribution in [0.4, 0.5) is 14.5 Å². The molecule has 0 saturated carbocycles. The maximum atomic E-state index is 14.2. The van der Waals surface area contributed by atoms with Crippen LogP contribution in [0.1, 0.15) is 61.9 Å². The van der Waals surface area contributed by atoms with Gasteiger partial charge < -0.3 is 10.5 Å². The van der Waals surface area contributed by atoms with Crippen LogP contribution in [0.2, 0.25) is 0 Å². The van der Waals surface area contributed by atoms with Crippen molar-refractivity contribution in [2.24, 2.45) is 5.41 Å². The fourth-order valence-electron chi connectivity index (χ4n) is 3.22. The van der Waals surface area contributed by atoms with E-state index in [1.165, 1.54) is 6.92 Å². The lowest BCUT2D eigenvalue weighted by Crippen LogP contribution is -2.29. The van der Waals surface area contributed by atoms with Crippen LogP contribution in [-0.2, 0) is 11.2 Å². The average molecular weight is 309 g/mol. The van der Waals surface area contributed by atoms with Crippen LogP contribution < -0.4 is 5.73 Å². The van der Waals surface area contributed by atoms with Gasteiger partial charge in [0.15, 0.2) is 11.6 Å². The standard InChI is InChI=1S/C17H21F2NO2/c1-3-4-6-17(7-5-10(2)21)9-12-11(16(17)22)8-13(18)15(20)14(12)19/h8H,3-7,9,20H2,1-2H3. The van der Waals surface area contributed by atoms with Gasteiger partial charge in [-0.1, -0.05) is 19.8 Å². The zero-order valence-electron chi connectivity index (χ0n) is 13.0. The maximum absolute atomic E-state index is 14.2. The second-order valence-electron chi connectivity index (χ2n) is 6.20. The zero-order chi connectivity index (χ0) is 16.5. The number of nitrogen functional groups attached to an aromatic ring is 1. The molecule has 0 radical (unpaired) electrons. The Hall–Kier alpha value is -1.78. The van der Waals surface area contributed by atoms with Gasteiger partial charge in [0.25, 0.3) is 0 Å². The Labute approximate surface area is 128 Å². The number of carbonyl (C=O) groups is 2. The second kappa shape index (κ2) is 6.15. The number of Topliss-reactive ketones (excluding diaryl/α,β-unsaturated/α-hetero) is 2. The summed E-state index contributed by atoms with van der Waals surface area (Å²) in [5, 5.41) is 0. The Morgan fingerprint density at radius 3 is 2.64 bits per heavy atom. The van der Waals surface area contributed by atoms with E-state index in [0.29, 0.717) is 12.8 Å². The van der Waals surface area contributed by atoms with Crippen LogP contribution in [0.25, 0.3) is 0 Å². The molecule has 0 aromatic heterocycles. The summed E-state index contributed by atoms with van der Waals surface area (Å²) in [6, 6.07) is 1.04. The van der Waals surface area contributed by atoms with E-state index in [1.54, 1.807) is 0 Å². The maximum Gasteiger partial charge on any atom is 0.169 e. The monoisotopic (exact) mass is 309 g/mol. The van der Waals surface area contributed by atoms with E-state index in [9.17, 15) is 18.4 Å². The topological polar surface area (TPSA) is 60.2 Å². The number of fused-ring (bicyclic) bond motifs is 1. The number of benzene rings is 1. The number of hydrogen-bond donors (Lipinski definition) is 1. The molecule has 120 valence electrons. The number of hydrogen-bond acceptors (Lipinski definition) is 3. The van der Waals surface area contributed by atoms with Gasteiger partial charge in [0.1, 0.15) is 17.3 Å². The van der Waals surface area contributed by atoms with E-state index in [0.717, 1.165) is 18.9 Å². The van der Waals surface area contributed by atoms with Crippen molar-refractivity contribution >= 4 is 17.3 Å². The van der Waals surface area contributed by atoms with Crippen LogP contribution >= 0.6 is 0 Å². The van der Waals surface area contributed by atoms with Crippen molar-refractivity contribution in [3.8, 4) is 0 Å². The van der Waals surface area contributed by atoms with Gasteiger partial charge in [-0.25, -0.2) is 8.78 Å². The van der Waals surface area contributed by atoms with Crippen LogP contribution in [0.15, 0.2) is 6.07 Å². The van der Waals surface area contributed by atoms with Crippen LogP contribution in [0, 0.1) is 17.0 Å². The molecule has 0 aliphatic heterocycles. The van der Waals surface area contributed by atoms with E-state index in [-0.39, 0.29) is 35.5 Å². The highest BCUT2D eigenvalue weighted by Gasteiger charge is 2.46. The Balaban J connectivity index is 2.43. The Bertz CT molecular complexity index is 628. The molecule has 0 heterocycles. The van der Waals surface area contributed by atoms with E-state index < -0.39 is 22.7 Å². The number of ketones is 2. The molecule has 0 amide bonds. The van der Waals surface area contributed by atoms with Crippen molar-refractivity contribution in [2.75, 3.05) is 5.73 Å². The molecule has 0 bridgehead atoms. The zero-order valence-corrected chi connectivity index (χ0v) is 13.0. The molecule has 1 aromatic rings. The summed E-state index contributed by atoms with van der Waals surface area (Å²) in [6.07, 6.45) is 3.11.